The molecule has 2 aromatic rings. The minimum atomic E-state index is -4.85. The van der Waals surface area contributed by atoms with E-state index in [1.807, 2.05) is 0 Å². The van der Waals surface area contributed by atoms with Crippen LogP contribution in [-0.4, -0.2) is 6.36 Å². The number of benzene rings is 2. The minimum absolute atomic E-state index is 0.0220. The zero-order chi connectivity index (χ0) is 14.9. The Morgan fingerprint density at radius 3 is 2.30 bits per heavy atom. The molecule has 0 bridgehead atoms. The molecule has 2 rings (SSSR count). The van der Waals surface area contributed by atoms with Crippen molar-refractivity contribution in [2.75, 3.05) is 5.73 Å². The molecule has 20 heavy (non-hydrogen) atoms. The lowest BCUT2D eigenvalue weighted by Gasteiger charge is -2.14. The number of anilines is 1. The monoisotopic (exact) mass is 305 g/mol. The fourth-order valence-electron chi connectivity index (χ4n) is 1.68. The predicted molar refractivity (Wildman–Crippen MR) is 67.9 cm³/mol. The van der Waals surface area contributed by atoms with Crippen LogP contribution in [0.15, 0.2) is 36.4 Å². The van der Waals surface area contributed by atoms with E-state index in [4.69, 9.17) is 17.3 Å². The highest BCUT2D eigenvalue weighted by molar-refractivity contribution is 6.33. The molecule has 0 aliphatic carbocycles. The SMILES string of the molecule is Nc1ccc(-c2ccccc2OC(F)(F)F)c(Cl)c1F. The summed E-state index contributed by atoms with van der Waals surface area (Å²) >= 11 is 5.78. The van der Waals surface area contributed by atoms with Crippen LogP contribution in [0.4, 0.5) is 23.2 Å². The largest absolute Gasteiger partial charge is 0.573 e. The van der Waals surface area contributed by atoms with Gasteiger partial charge in [-0.3, -0.25) is 0 Å². The Bertz CT molecular complexity index is 643. The molecule has 2 nitrogen and oxygen atoms in total. The lowest BCUT2D eigenvalue weighted by molar-refractivity contribution is -0.274. The molecule has 0 fully saturated rings. The molecule has 0 aliphatic rings. The summed E-state index contributed by atoms with van der Waals surface area (Å²) < 4.78 is 54.5. The fourth-order valence-corrected chi connectivity index (χ4v) is 1.95. The van der Waals surface area contributed by atoms with E-state index in [0.717, 1.165) is 6.07 Å². The lowest BCUT2D eigenvalue weighted by atomic mass is 10.0. The van der Waals surface area contributed by atoms with Gasteiger partial charge in [0.15, 0.2) is 5.82 Å². The van der Waals surface area contributed by atoms with Crippen molar-refractivity contribution in [1.82, 2.24) is 0 Å². The zero-order valence-electron chi connectivity index (χ0n) is 9.84. The quantitative estimate of drug-likeness (QED) is 0.648. The van der Waals surface area contributed by atoms with E-state index in [1.165, 1.54) is 30.3 Å². The molecule has 7 heteroatoms. The molecular weight excluding hydrogens is 298 g/mol. The Balaban J connectivity index is 2.56. The summed E-state index contributed by atoms with van der Waals surface area (Å²) in [7, 11) is 0. The summed E-state index contributed by atoms with van der Waals surface area (Å²) in [6, 6.07) is 7.88. The van der Waals surface area contributed by atoms with Gasteiger partial charge in [-0.05, 0) is 12.1 Å². The Labute approximate surface area is 116 Å². The van der Waals surface area contributed by atoms with E-state index in [1.54, 1.807) is 0 Å². The van der Waals surface area contributed by atoms with Crippen LogP contribution in [0.25, 0.3) is 11.1 Å². The summed E-state index contributed by atoms with van der Waals surface area (Å²) in [5, 5.41) is -0.358. The Hall–Kier alpha value is -1.95. The second kappa shape index (κ2) is 5.20. The number of para-hydroxylation sites is 1. The van der Waals surface area contributed by atoms with Gasteiger partial charge in [-0.25, -0.2) is 4.39 Å². The average molecular weight is 306 g/mol. The molecule has 106 valence electrons. The second-order valence-corrected chi connectivity index (χ2v) is 4.25. The third-order valence-corrected chi connectivity index (χ3v) is 2.88. The van der Waals surface area contributed by atoms with Crippen LogP contribution >= 0.6 is 11.6 Å². The number of hydrogen-bond acceptors (Lipinski definition) is 2. The standard InChI is InChI=1S/C13H8ClF4NO/c14-11-8(5-6-9(19)12(11)15)7-3-1-2-4-10(7)20-13(16,17)18/h1-6H,19H2. The van der Waals surface area contributed by atoms with E-state index in [2.05, 4.69) is 4.74 Å². The number of halogens is 5. The Morgan fingerprint density at radius 2 is 1.65 bits per heavy atom. The van der Waals surface area contributed by atoms with Crippen molar-refractivity contribution in [3.63, 3.8) is 0 Å². The molecule has 0 aliphatic heterocycles. The number of ether oxygens (including phenoxy) is 1. The summed E-state index contributed by atoms with van der Waals surface area (Å²) in [5.41, 5.74) is 5.24. The maximum atomic E-state index is 13.6. The maximum absolute atomic E-state index is 13.6. The fraction of sp³-hybridized carbons (Fsp3) is 0.0769. The van der Waals surface area contributed by atoms with Crippen LogP contribution < -0.4 is 10.5 Å². The molecule has 0 saturated heterocycles. The van der Waals surface area contributed by atoms with Crippen molar-refractivity contribution < 1.29 is 22.3 Å². The molecule has 0 radical (unpaired) electrons. The van der Waals surface area contributed by atoms with E-state index < -0.39 is 17.9 Å². The Morgan fingerprint density at radius 1 is 1.00 bits per heavy atom. The van der Waals surface area contributed by atoms with Gasteiger partial charge in [0, 0.05) is 11.1 Å². The van der Waals surface area contributed by atoms with Gasteiger partial charge >= 0.3 is 6.36 Å². The number of alkyl halides is 3. The van der Waals surface area contributed by atoms with E-state index in [0.29, 0.717) is 0 Å². The molecular formula is C13H8ClF4NO. The van der Waals surface area contributed by atoms with Gasteiger partial charge in [0.05, 0.1) is 10.7 Å². The van der Waals surface area contributed by atoms with Crippen molar-refractivity contribution >= 4 is 17.3 Å². The van der Waals surface area contributed by atoms with Crippen molar-refractivity contribution in [3.05, 3.63) is 47.2 Å². The molecule has 0 amide bonds. The van der Waals surface area contributed by atoms with Gasteiger partial charge in [0.2, 0.25) is 0 Å². The first-order valence-electron chi connectivity index (χ1n) is 5.38. The highest BCUT2D eigenvalue weighted by Gasteiger charge is 2.32. The molecule has 0 spiro atoms. The molecule has 0 aromatic heterocycles. The summed E-state index contributed by atoms with van der Waals surface area (Å²) in [4.78, 5) is 0. The van der Waals surface area contributed by atoms with Gasteiger partial charge < -0.3 is 10.5 Å². The van der Waals surface area contributed by atoms with Crippen molar-refractivity contribution in [2.45, 2.75) is 6.36 Å². The highest BCUT2D eigenvalue weighted by Crippen LogP contribution is 2.39. The smallest absolute Gasteiger partial charge is 0.405 e. The zero-order valence-corrected chi connectivity index (χ0v) is 10.6. The third kappa shape index (κ3) is 2.96. The topological polar surface area (TPSA) is 35.2 Å². The number of nitrogen functional groups attached to an aromatic ring is 1. The van der Waals surface area contributed by atoms with E-state index >= 15 is 0 Å². The van der Waals surface area contributed by atoms with Crippen LogP contribution in [0.2, 0.25) is 5.02 Å². The number of rotatable bonds is 2. The van der Waals surface area contributed by atoms with E-state index in [-0.39, 0.29) is 21.8 Å². The van der Waals surface area contributed by atoms with Crippen LogP contribution in [-0.2, 0) is 0 Å². The maximum Gasteiger partial charge on any atom is 0.573 e. The number of nitrogens with two attached hydrogens (primary N) is 1. The van der Waals surface area contributed by atoms with Gasteiger partial charge in [-0.2, -0.15) is 0 Å². The lowest BCUT2D eigenvalue weighted by Crippen LogP contribution is -2.17. The summed E-state index contributed by atoms with van der Waals surface area (Å²) in [6.07, 6.45) is -4.85. The Kier molecular flexibility index (Phi) is 3.76. The summed E-state index contributed by atoms with van der Waals surface area (Å²) in [6.45, 7) is 0. The molecule has 0 saturated carbocycles. The minimum Gasteiger partial charge on any atom is -0.405 e. The molecule has 0 unspecified atom stereocenters. The first-order valence-corrected chi connectivity index (χ1v) is 5.76. The van der Waals surface area contributed by atoms with Gasteiger partial charge in [0.1, 0.15) is 5.75 Å². The van der Waals surface area contributed by atoms with Crippen LogP contribution in [0.1, 0.15) is 0 Å². The van der Waals surface area contributed by atoms with Crippen LogP contribution in [0.5, 0.6) is 5.75 Å². The molecule has 0 atom stereocenters. The van der Waals surface area contributed by atoms with Gasteiger partial charge in [0.25, 0.3) is 0 Å². The predicted octanol–water partition coefficient (Wildman–Crippen LogP) is 4.63. The first kappa shape index (κ1) is 14.5. The van der Waals surface area contributed by atoms with E-state index in [9.17, 15) is 17.6 Å². The highest BCUT2D eigenvalue weighted by atomic mass is 35.5. The van der Waals surface area contributed by atoms with Crippen molar-refractivity contribution in [1.29, 1.82) is 0 Å². The van der Waals surface area contributed by atoms with Crippen LogP contribution in [0.3, 0.4) is 0 Å². The second-order valence-electron chi connectivity index (χ2n) is 3.87. The number of hydrogen-bond donors (Lipinski definition) is 1. The van der Waals surface area contributed by atoms with Gasteiger partial charge in [-0.15, -0.1) is 13.2 Å². The summed E-state index contributed by atoms with van der Waals surface area (Å²) in [5.74, 6) is -1.35. The van der Waals surface area contributed by atoms with Crippen LogP contribution in [0, 0.1) is 5.82 Å². The third-order valence-electron chi connectivity index (χ3n) is 2.52. The molecule has 0 heterocycles. The van der Waals surface area contributed by atoms with Gasteiger partial charge in [-0.1, -0.05) is 35.9 Å². The first-order chi connectivity index (χ1) is 9.29. The molecule has 2 N–H and O–H groups in total. The van der Waals surface area contributed by atoms with Crippen molar-refractivity contribution in [2.24, 2.45) is 0 Å². The normalized spacial score (nSPS) is 11.4. The van der Waals surface area contributed by atoms with Crippen molar-refractivity contribution in [3.8, 4) is 16.9 Å². The average Bonchev–Trinajstić information content (AvgIpc) is 2.36. The molecule has 2 aromatic carbocycles.